The van der Waals surface area contributed by atoms with Gasteiger partial charge in [-0.25, -0.2) is 8.42 Å². The van der Waals surface area contributed by atoms with E-state index in [0.29, 0.717) is 0 Å². The van der Waals surface area contributed by atoms with Gasteiger partial charge in [0.25, 0.3) is 0 Å². The van der Waals surface area contributed by atoms with Crippen LogP contribution in [0.4, 0.5) is 0 Å². The molecule has 98 valence electrons. The van der Waals surface area contributed by atoms with Gasteiger partial charge in [0.05, 0.1) is 11.8 Å². The summed E-state index contributed by atoms with van der Waals surface area (Å²) in [6, 6.07) is 0. The first-order valence-corrected chi connectivity index (χ1v) is 6.78. The highest BCUT2D eigenvalue weighted by Gasteiger charge is 2.21. The number of esters is 1. The molecule has 0 radical (unpaired) electrons. The first-order valence-electron chi connectivity index (χ1n) is 5.07. The molecule has 0 saturated carbocycles. The van der Waals surface area contributed by atoms with E-state index in [0.717, 1.165) is 6.08 Å². The van der Waals surface area contributed by atoms with Crippen molar-refractivity contribution in [1.82, 2.24) is 5.32 Å². The average molecular weight is 263 g/mol. The van der Waals surface area contributed by atoms with Crippen LogP contribution in [0.25, 0.3) is 0 Å². The largest absolute Gasteiger partial charge is 0.463 e. The summed E-state index contributed by atoms with van der Waals surface area (Å²) in [7, 11) is -3.43. The van der Waals surface area contributed by atoms with E-state index in [1.54, 1.807) is 0 Å². The number of hydrogen-bond donors (Lipinski definition) is 1. The summed E-state index contributed by atoms with van der Waals surface area (Å²) in [5, 5.41) is 1.77. The summed E-state index contributed by atoms with van der Waals surface area (Å²) >= 11 is 0. The molecule has 0 saturated heterocycles. The summed E-state index contributed by atoms with van der Waals surface area (Å²) in [5.74, 6) is -1.83. The molecule has 0 aliphatic carbocycles. The molecule has 17 heavy (non-hydrogen) atoms. The van der Waals surface area contributed by atoms with Gasteiger partial charge < -0.3 is 10.1 Å². The van der Waals surface area contributed by atoms with Gasteiger partial charge in [0.15, 0.2) is 9.84 Å². The van der Waals surface area contributed by atoms with E-state index < -0.39 is 26.8 Å². The minimum atomic E-state index is -3.43. The summed E-state index contributed by atoms with van der Waals surface area (Å²) in [6.07, 6.45) is 1.09. The van der Waals surface area contributed by atoms with Gasteiger partial charge in [-0.05, 0) is 19.9 Å². The molecule has 0 bridgehead atoms. The Hall–Kier alpha value is -1.37. The second-order valence-electron chi connectivity index (χ2n) is 3.57. The van der Waals surface area contributed by atoms with Gasteiger partial charge in [0.1, 0.15) is 12.4 Å². The summed E-state index contributed by atoms with van der Waals surface area (Å²) in [6.45, 7) is 6.29. The van der Waals surface area contributed by atoms with E-state index in [1.165, 1.54) is 13.8 Å². The molecule has 6 nitrogen and oxygen atoms in total. The maximum atomic E-state index is 11.3. The zero-order valence-electron chi connectivity index (χ0n) is 9.93. The van der Waals surface area contributed by atoms with Crippen LogP contribution in [0.3, 0.4) is 0 Å². The van der Waals surface area contributed by atoms with Gasteiger partial charge >= 0.3 is 5.97 Å². The van der Waals surface area contributed by atoms with E-state index in [1.807, 2.05) is 0 Å². The second kappa shape index (κ2) is 7.05. The number of carbonyl (C=O) groups excluding carboxylic acids is 2. The highest BCUT2D eigenvalue weighted by atomic mass is 32.2. The number of amides is 1. The second-order valence-corrected chi connectivity index (χ2v) is 6.13. The van der Waals surface area contributed by atoms with Crippen LogP contribution in [0.2, 0.25) is 0 Å². The van der Waals surface area contributed by atoms with Crippen molar-refractivity contribution < 1.29 is 22.7 Å². The van der Waals surface area contributed by atoms with Crippen molar-refractivity contribution in [3.05, 3.63) is 12.7 Å². The third-order valence-electron chi connectivity index (χ3n) is 1.89. The predicted octanol–water partition coefficient (Wildman–Crippen LogP) is -0.345. The van der Waals surface area contributed by atoms with Crippen molar-refractivity contribution in [1.29, 1.82) is 0 Å². The molecular formula is C10H17NO5S. The van der Waals surface area contributed by atoms with E-state index in [2.05, 4.69) is 16.6 Å². The predicted molar refractivity (Wildman–Crippen MR) is 63.1 cm³/mol. The smallest absolute Gasteiger partial charge is 0.321 e. The molecular weight excluding hydrogens is 246 g/mol. The topological polar surface area (TPSA) is 89.5 Å². The van der Waals surface area contributed by atoms with Crippen molar-refractivity contribution in [3.8, 4) is 0 Å². The third-order valence-corrected chi connectivity index (χ3v) is 3.96. The van der Waals surface area contributed by atoms with Gasteiger partial charge in [-0.2, -0.15) is 0 Å². The van der Waals surface area contributed by atoms with Gasteiger partial charge in [-0.1, -0.05) is 6.58 Å². The summed E-state index contributed by atoms with van der Waals surface area (Å²) in [4.78, 5) is 21.9. The fourth-order valence-corrected chi connectivity index (χ4v) is 1.53. The number of sulfone groups is 1. The minimum absolute atomic E-state index is 0.0635. The number of nitrogens with one attached hydrogen (secondary N) is 1. The normalized spacial score (nSPS) is 11.0. The summed E-state index contributed by atoms with van der Waals surface area (Å²) in [5.41, 5.74) is 0. The third kappa shape index (κ3) is 6.72. The average Bonchev–Trinajstić information content (AvgIpc) is 2.23. The van der Waals surface area contributed by atoms with Crippen LogP contribution in [0.5, 0.6) is 0 Å². The van der Waals surface area contributed by atoms with Crippen LogP contribution in [0, 0.1) is 0 Å². The molecule has 0 spiro atoms. The van der Waals surface area contributed by atoms with E-state index >= 15 is 0 Å². The lowest BCUT2D eigenvalue weighted by molar-refractivity contribution is -0.140. The van der Waals surface area contributed by atoms with Crippen molar-refractivity contribution >= 4 is 21.7 Å². The van der Waals surface area contributed by atoms with E-state index in [4.69, 9.17) is 0 Å². The van der Waals surface area contributed by atoms with Crippen LogP contribution in [-0.2, 0) is 24.2 Å². The first-order chi connectivity index (χ1) is 7.79. The SMILES string of the molecule is C=CC(=O)NCCOC(=O)CS(=O)(=O)C(C)C. The Balaban J connectivity index is 3.90. The Morgan fingerprint density at radius 1 is 1.41 bits per heavy atom. The van der Waals surface area contributed by atoms with Gasteiger partial charge in [-0.15, -0.1) is 0 Å². The molecule has 0 atom stereocenters. The molecule has 0 rings (SSSR count). The Labute approximate surface area is 101 Å². The molecule has 1 N–H and O–H groups in total. The maximum Gasteiger partial charge on any atom is 0.321 e. The fraction of sp³-hybridized carbons (Fsp3) is 0.600. The van der Waals surface area contributed by atoms with Crippen molar-refractivity contribution in [3.63, 3.8) is 0 Å². The highest BCUT2D eigenvalue weighted by Crippen LogP contribution is 2.00. The zero-order chi connectivity index (χ0) is 13.5. The zero-order valence-corrected chi connectivity index (χ0v) is 10.7. The fourth-order valence-electron chi connectivity index (χ4n) is 0.784. The number of rotatable bonds is 7. The molecule has 0 aromatic rings. The lowest BCUT2D eigenvalue weighted by Crippen LogP contribution is -2.29. The van der Waals surface area contributed by atoms with Gasteiger partial charge in [0, 0.05) is 0 Å². The van der Waals surface area contributed by atoms with Crippen LogP contribution in [0.15, 0.2) is 12.7 Å². The Kier molecular flexibility index (Phi) is 6.48. The first kappa shape index (κ1) is 15.6. The van der Waals surface area contributed by atoms with E-state index in [-0.39, 0.29) is 19.1 Å². The molecule has 0 aromatic carbocycles. The van der Waals surface area contributed by atoms with Crippen molar-refractivity contribution in [2.75, 3.05) is 18.9 Å². The summed E-state index contributed by atoms with van der Waals surface area (Å²) < 4.78 is 27.3. The Morgan fingerprint density at radius 3 is 2.47 bits per heavy atom. The minimum Gasteiger partial charge on any atom is -0.463 e. The highest BCUT2D eigenvalue weighted by molar-refractivity contribution is 7.92. The standard InChI is InChI=1S/C10H17NO5S/c1-4-9(12)11-5-6-16-10(13)7-17(14,15)8(2)3/h4,8H,1,5-7H2,2-3H3,(H,11,12). The molecule has 0 fully saturated rings. The molecule has 0 aromatic heterocycles. The maximum absolute atomic E-state index is 11.3. The Bertz CT molecular complexity index is 386. The quantitative estimate of drug-likeness (QED) is 0.385. The van der Waals surface area contributed by atoms with E-state index in [9.17, 15) is 18.0 Å². The van der Waals surface area contributed by atoms with Crippen molar-refractivity contribution in [2.45, 2.75) is 19.1 Å². The molecule has 1 amide bonds. The number of ether oxygens (including phenoxy) is 1. The lowest BCUT2D eigenvalue weighted by atomic mass is 10.5. The van der Waals surface area contributed by atoms with Crippen LogP contribution in [-0.4, -0.2) is 44.4 Å². The molecule has 0 heterocycles. The monoisotopic (exact) mass is 263 g/mol. The van der Waals surface area contributed by atoms with Crippen LogP contribution >= 0.6 is 0 Å². The van der Waals surface area contributed by atoms with Crippen LogP contribution < -0.4 is 5.32 Å². The number of carbonyl (C=O) groups is 2. The molecule has 0 aliphatic heterocycles. The van der Waals surface area contributed by atoms with Gasteiger partial charge in [-0.3, -0.25) is 9.59 Å². The molecule has 7 heteroatoms. The lowest BCUT2D eigenvalue weighted by Gasteiger charge is -2.08. The molecule has 0 aliphatic rings. The number of hydrogen-bond acceptors (Lipinski definition) is 5. The van der Waals surface area contributed by atoms with Crippen LogP contribution in [0.1, 0.15) is 13.8 Å². The Morgan fingerprint density at radius 2 is 2.00 bits per heavy atom. The van der Waals surface area contributed by atoms with Gasteiger partial charge in [0.2, 0.25) is 5.91 Å². The molecule has 0 unspecified atom stereocenters. The van der Waals surface area contributed by atoms with Crippen molar-refractivity contribution in [2.24, 2.45) is 0 Å².